The lowest BCUT2D eigenvalue weighted by Crippen LogP contribution is -2.36. The summed E-state index contributed by atoms with van der Waals surface area (Å²) in [7, 11) is 4.01. The number of carbonyl (C=O) groups is 1. The largest absolute Gasteiger partial charge is 0.308 e. The molecule has 4 aromatic rings. The van der Waals surface area contributed by atoms with Gasteiger partial charge in [-0.15, -0.1) is 11.3 Å². The molecule has 28 heavy (non-hydrogen) atoms. The number of thiazole rings is 2. The van der Waals surface area contributed by atoms with E-state index in [1.165, 1.54) is 22.5 Å². The highest BCUT2D eigenvalue weighted by atomic mass is 32.1. The standard InChI is InChI=1S/C21H22N4OS2/c1-13-11-16-18(12-14(13)2)28-21(23-16)25(10-9-24(3)4)20(26)19-22-15-7-5-6-8-17(15)27-19/h5-8,11-12H,9-10H2,1-4H3. The van der Waals surface area contributed by atoms with Crippen LogP contribution in [0.2, 0.25) is 0 Å². The average molecular weight is 411 g/mol. The summed E-state index contributed by atoms with van der Waals surface area (Å²) in [5, 5.41) is 1.23. The van der Waals surface area contributed by atoms with E-state index >= 15 is 0 Å². The van der Waals surface area contributed by atoms with Gasteiger partial charge in [0.2, 0.25) is 0 Å². The molecule has 0 N–H and O–H groups in total. The second-order valence-corrected chi connectivity index (χ2v) is 9.19. The molecule has 7 heteroatoms. The van der Waals surface area contributed by atoms with Crippen molar-refractivity contribution >= 4 is 54.1 Å². The molecule has 0 bridgehead atoms. The number of aromatic nitrogens is 2. The van der Waals surface area contributed by atoms with Gasteiger partial charge in [-0.2, -0.15) is 0 Å². The van der Waals surface area contributed by atoms with Crippen molar-refractivity contribution in [1.82, 2.24) is 14.9 Å². The van der Waals surface area contributed by atoms with Crippen molar-refractivity contribution in [2.45, 2.75) is 13.8 Å². The first kappa shape index (κ1) is 19.0. The van der Waals surface area contributed by atoms with Gasteiger partial charge in [0.05, 0.1) is 20.4 Å². The number of aryl methyl sites for hydroxylation is 2. The summed E-state index contributed by atoms with van der Waals surface area (Å²) in [5.74, 6) is -0.0875. The molecule has 0 unspecified atom stereocenters. The molecule has 0 fully saturated rings. The molecule has 0 radical (unpaired) electrons. The molecule has 0 aliphatic carbocycles. The molecule has 0 saturated heterocycles. The van der Waals surface area contributed by atoms with Crippen LogP contribution < -0.4 is 4.90 Å². The zero-order valence-electron chi connectivity index (χ0n) is 16.4. The summed E-state index contributed by atoms with van der Waals surface area (Å²) in [6, 6.07) is 12.1. The van der Waals surface area contributed by atoms with Gasteiger partial charge in [0, 0.05) is 13.1 Å². The van der Waals surface area contributed by atoms with E-state index < -0.39 is 0 Å². The van der Waals surface area contributed by atoms with Crippen molar-refractivity contribution in [3.63, 3.8) is 0 Å². The Labute approximate surface area is 172 Å². The maximum atomic E-state index is 13.4. The maximum absolute atomic E-state index is 13.4. The van der Waals surface area contributed by atoms with Crippen LogP contribution in [-0.4, -0.2) is 48.0 Å². The van der Waals surface area contributed by atoms with Crippen molar-refractivity contribution in [3.05, 3.63) is 52.5 Å². The first-order chi connectivity index (χ1) is 13.4. The van der Waals surface area contributed by atoms with Crippen LogP contribution in [0.1, 0.15) is 20.9 Å². The quantitative estimate of drug-likeness (QED) is 0.477. The summed E-state index contributed by atoms with van der Waals surface area (Å²) in [4.78, 5) is 26.5. The Morgan fingerprint density at radius 2 is 1.68 bits per heavy atom. The van der Waals surface area contributed by atoms with E-state index in [4.69, 9.17) is 4.98 Å². The second-order valence-electron chi connectivity index (χ2n) is 7.15. The van der Waals surface area contributed by atoms with Crippen LogP contribution in [0.4, 0.5) is 5.13 Å². The fraction of sp³-hybridized carbons (Fsp3) is 0.286. The summed E-state index contributed by atoms with van der Waals surface area (Å²) in [6.07, 6.45) is 0. The van der Waals surface area contributed by atoms with E-state index in [1.54, 1.807) is 16.2 Å². The van der Waals surface area contributed by atoms with Crippen molar-refractivity contribution in [2.75, 3.05) is 32.1 Å². The number of fused-ring (bicyclic) bond motifs is 2. The number of rotatable bonds is 5. The number of likely N-dealkylation sites (N-methyl/N-ethyl adjacent to an activating group) is 1. The maximum Gasteiger partial charge on any atom is 0.289 e. The van der Waals surface area contributed by atoms with Gasteiger partial charge in [0.15, 0.2) is 10.1 Å². The van der Waals surface area contributed by atoms with Crippen LogP contribution in [0.5, 0.6) is 0 Å². The SMILES string of the molecule is Cc1cc2nc(N(CCN(C)C)C(=O)c3nc4ccccc4s3)sc2cc1C. The predicted octanol–water partition coefficient (Wildman–Crippen LogP) is 4.73. The van der Waals surface area contributed by atoms with Crippen LogP contribution in [0.3, 0.4) is 0 Å². The van der Waals surface area contributed by atoms with E-state index in [-0.39, 0.29) is 5.91 Å². The number of benzene rings is 2. The highest BCUT2D eigenvalue weighted by molar-refractivity contribution is 7.23. The fourth-order valence-electron chi connectivity index (χ4n) is 2.95. The lowest BCUT2D eigenvalue weighted by atomic mass is 10.1. The van der Waals surface area contributed by atoms with E-state index in [0.29, 0.717) is 11.6 Å². The molecule has 2 aromatic carbocycles. The minimum absolute atomic E-state index is 0.0875. The van der Waals surface area contributed by atoms with Crippen molar-refractivity contribution < 1.29 is 4.79 Å². The zero-order valence-corrected chi connectivity index (χ0v) is 18.0. The summed E-state index contributed by atoms with van der Waals surface area (Å²) >= 11 is 3.00. The Morgan fingerprint density at radius 1 is 0.929 bits per heavy atom. The van der Waals surface area contributed by atoms with E-state index in [0.717, 1.165) is 32.1 Å². The molecule has 2 aromatic heterocycles. The van der Waals surface area contributed by atoms with Crippen LogP contribution in [-0.2, 0) is 0 Å². The van der Waals surface area contributed by atoms with Crippen LogP contribution in [0, 0.1) is 13.8 Å². The van der Waals surface area contributed by atoms with Gasteiger partial charge in [-0.1, -0.05) is 23.5 Å². The molecule has 0 saturated carbocycles. The number of hydrogen-bond acceptors (Lipinski definition) is 6. The third kappa shape index (κ3) is 3.65. The number of anilines is 1. The first-order valence-electron chi connectivity index (χ1n) is 9.12. The molecule has 4 rings (SSSR count). The third-order valence-corrected chi connectivity index (χ3v) is 6.78. The van der Waals surface area contributed by atoms with Crippen molar-refractivity contribution in [2.24, 2.45) is 0 Å². The minimum Gasteiger partial charge on any atom is -0.308 e. The molecule has 0 aliphatic rings. The highest BCUT2D eigenvalue weighted by Gasteiger charge is 2.24. The monoisotopic (exact) mass is 410 g/mol. The van der Waals surface area contributed by atoms with Gasteiger partial charge >= 0.3 is 0 Å². The Morgan fingerprint density at radius 3 is 2.43 bits per heavy atom. The predicted molar refractivity (Wildman–Crippen MR) is 119 cm³/mol. The number of amides is 1. The lowest BCUT2D eigenvalue weighted by molar-refractivity contribution is 0.0985. The average Bonchev–Trinajstić information content (AvgIpc) is 3.25. The fourth-order valence-corrected chi connectivity index (χ4v) is 4.93. The van der Waals surface area contributed by atoms with Crippen LogP contribution in [0.15, 0.2) is 36.4 Å². The van der Waals surface area contributed by atoms with E-state index in [2.05, 4.69) is 35.9 Å². The first-order valence-corrected chi connectivity index (χ1v) is 10.8. The molecule has 1 amide bonds. The van der Waals surface area contributed by atoms with Gasteiger partial charge in [-0.3, -0.25) is 9.69 Å². The van der Waals surface area contributed by atoms with Crippen LogP contribution >= 0.6 is 22.7 Å². The second kappa shape index (κ2) is 7.58. The highest BCUT2D eigenvalue weighted by Crippen LogP contribution is 2.32. The molecular weight excluding hydrogens is 388 g/mol. The van der Waals surface area contributed by atoms with Gasteiger partial charge < -0.3 is 4.90 Å². The molecule has 0 spiro atoms. The molecular formula is C21H22N4OS2. The Balaban J connectivity index is 1.74. The van der Waals surface area contributed by atoms with Crippen molar-refractivity contribution in [3.8, 4) is 0 Å². The van der Waals surface area contributed by atoms with E-state index in [1.807, 2.05) is 38.4 Å². The number of carbonyl (C=O) groups excluding carboxylic acids is 1. The van der Waals surface area contributed by atoms with Crippen molar-refractivity contribution in [1.29, 1.82) is 0 Å². The number of hydrogen-bond donors (Lipinski definition) is 0. The van der Waals surface area contributed by atoms with Gasteiger partial charge in [0.1, 0.15) is 0 Å². The third-order valence-electron chi connectivity index (χ3n) is 4.72. The Bertz CT molecular complexity index is 1090. The number of para-hydroxylation sites is 1. The Kier molecular flexibility index (Phi) is 5.14. The van der Waals surface area contributed by atoms with E-state index in [9.17, 15) is 4.79 Å². The Hall–Kier alpha value is -2.35. The summed E-state index contributed by atoms with van der Waals surface area (Å²) in [6.45, 7) is 5.51. The summed E-state index contributed by atoms with van der Waals surface area (Å²) < 4.78 is 2.12. The van der Waals surface area contributed by atoms with Gasteiger partial charge in [0.25, 0.3) is 5.91 Å². The molecule has 0 atom stereocenters. The van der Waals surface area contributed by atoms with Gasteiger partial charge in [-0.05, 0) is 63.3 Å². The molecule has 144 valence electrons. The summed E-state index contributed by atoms with van der Waals surface area (Å²) in [5.41, 5.74) is 4.25. The molecule has 0 aliphatic heterocycles. The minimum atomic E-state index is -0.0875. The number of nitrogens with zero attached hydrogens (tertiary/aromatic N) is 4. The van der Waals surface area contributed by atoms with Gasteiger partial charge in [-0.25, -0.2) is 9.97 Å². The molecule has 5 nitrogen and oxygen atoms in total. The lowest BCUT2D eigenvalue weighted by Gasteiger charge is -2.20. The topological polar surface area (TPSA) is 49.3 Å². The molecule has 2 heterocycles. The van der Waals surface area contributed by atoms with Crippen LogP contribution in [0.25, 0.3) is 20.4 Å². The smallest absolute Gasteiger partial charge is 0.289 e. The zero-order chi connectivity index (χ0) is 19.8. The normalized spacial score (nSPS) is 11.6.